The third-order valence-electron chi connectivity index (χ3n) is 5.34. The molecule has 3 aromatic carbocycles. The summed E-state index contributed by atoms with van der Waals surface area (Å²) in [5.74, 6) is 0.0428. The number of thioether (sulfide) groups is 1. The molecule has 0 radical (unpaired) electrons. The first-order chi connectivity index (χ1) is 16.6. The zero-order valence-corrected chi connectivity index (χ0v) is 22.4. The molecule has 0 aliphatic rings. The zero-order chi connectivity index (χ0) is 25.6. The van der Waals surface area contributed by atoms with Crippen molar-refractivity contribution in [1.82, 2.24) is 5.32 Å². The summed E-state index contributed by atoms with van der Waals surface area (Å²) in [6.45, 7) is 3.70. The van der Waals surface area contributed by atoms with Crippen LogP contribution in [-0.4, -0.2) is 33.2 Å². The molecule has 5 nitrogen and oxygen atoms in total. The van der Waals surface area contributed by atoms with Gasteiger partial charge >= 0.3 is 0 Å². The fourth-order valence-corrected chi connectivity index (χ4v) is 5.96. The number of nitrogens with one attached hydrogen (secondary N) is 1. The molecule has 0 aromatic heterocycles. The molecule has 3 aromatic rings. The Bertz CT molecular complexity index is 1280. The van der Waals surface area contributed by atoms with Crippen molar-refractivity contribution in [2.75, 3.05) is 23.1 Å². The molecule has 10 heteroatoms. The summed E-state index contributed by atoms with van der Waals surface area (Å²) in [4.78, 5) is 12.8. The molecule has 35 heavy (non-hydrogen) atoms. The number of carbonyl (C=O) groups is 1. The molecule has 0 aliphatic heterocycles. The van der Waals surface area contributed by atoms with E-state index in [1.165, 1.54) is 42.1 Å². The molecule has 186 valence electrons. The van der Waals surface area contributed by atoms with Gasteiger partial charge in [0.2, 0.25) is 5.91 Å². The van der Waals surface area contributed by atoms with Crippen LogP contribution in [0.25, 0.3) is 0 Å². The number of hydrogen-bond acceptors (Lipinski definition) is 4. The van der Waals surface area contributed by atoms with Gasteiger partial charge in [-0.1, -0.05) is 35.3 Å². The molecule has 1 amide bonds. The lowest BCUT2D eigenvalue weighted by Gasteiger charge is -2.25. The number of benzene rings is 3. The Balaban J connectivity index is 1.68. The lowest BCUT2D eigenvalue weighted by Crippen LogP contribution is -2.41. The van der Waals surface area contributed by atoms with E-state index in [1.54, 1.807) is 24.3 Å². The minimum Gasteiger partial charge on any atom is -0.354 e. The van der Waals surface area contributed by atoms with Gasteiger partial charge in [0.1, 0.15) is 12.4 Å². The highest BCUT2D eigenvalue weighted by atomic mass is 35.5. The Morgan fingerprint density at radius 3 is 2.40 bits per heavy atom. The van der Waals surface area contributed by atoms with E-state index in [4.69, 9.17) is 23.2 Å². The maximum absolute atomic E-state index is 13.9. The van der Waals surface area contributed by atoms with Crippen LogP contribution < -0.4 is 9.62 Å². The van der Waals surface area contributed by atoms with Gasteiger partial charge in [-0.25, -0.2) is 12.8 Å². The van der Waals surface area contributed by atoms with Crippen LogP contribution in [0.5, 0.6) is 0 Å². The van der Waals surface area contributed by atoms with Gasteiger partial charge < -0.3 is 5.32 Å². The van der Waals surface area contributed by atoms with Crippen LogP contribution in [0.4, 0.5) is 10.1 Å². The first-order valence-corrected chi connectivity index (χ1v) is 14.1. The lowest BCUT2D eigenvalue weighted by atomic mass is 10.1. The average molecular weight is 556 g/mol. The summed E-state index contributed by atoms with van der Waals surface area (Å²) in [5.41, 5.74) is 2.72. The molecule has 0 saturated carbocycles. The molecule has 3 rings (SSSR count). The van der Waals surface area contributed by atoms with E-state index in [2.05, 4.69) is 5.32 Å². The molecule has 0 aliphatic carbocycles. The second-order valence-corrected chi connectivity index (χ2v) is 11.6. The van der Waals surface area contributed by atoms with Crippen molar-refractivity contribution < 1.29 is 17.6 Å². The minimum absolute atomic E-state index is 0.0326. The maximum atomic E-state index is 13.9. The van der Waals surface area contributed by atoms with Gasteiger partial charge in [0.05, 0.1) is 10.6 Å². The lowest BCUT2D eigenvalue weighted by molar-refractivity contribution is -0.119. The summed E-state index contributed by atoms with van der Waals surface area (Å²) >= 11 is 13.4. The number of nitrogens with zero attached hydrogens (tertiary/aromatic N) is 1. The normalized spacial score (nSPS) is 11.3. The predicted molar refractivity (Wildman–Crippen MR) is 142 cm³/mol. The SMILES string of the molecule is Cc1ccc(N(CC(=O)NCCSCc2c(F)cccc2Cl)S(=O)(=O)c2ccc(Cl)cc2)cc1C. The summed E-state index contributed by atoms with van der Waals surface area (Å²) in [5, 5.41) is 3.51. The molecule has 0 unspecified atom stereocenters. The molecule has 0 spiro atoms. The van der Waals surface area contributed by atoms with E-state index in [0.717, 1.165) is 15.4 Å². The van der Waals surface area contributed by atoms with Crippen LogP contribution in [0.1, 0.15) is 16.7 Å². The molecule has 1 N–H and O–H groups in total. The Hall–Kier alpha value is -2.26. The second-order valence-electron chi connectivity index (χ2n) is 7.84. The predicted octanol–water partition coefficient (Wildman–Crippen LogP) is 5.99. The van der Waals surface area contributed by atoms with E-state index in [0.29, 0.717) is 32.8 Å². The van der Waals surface area contributed by atoms with Crippen molar-refractivity contribution in [2.24, 2.45) is 0 Å². The Morgan fingerprint density at radius 1 is 1.03 bits per heavy atom. The Labute approximate surface area is 219 Å². The zero-order valence-electron chi connectivity index (χ0n) is 19.2. The van der Waals surface area contributed by atoms with Crippen molar-refractivity contribution in [1.29, 1.82) is 0 Å². The third-order valence-corrected chi connectivity index (χ3v) is 8.72. The molecular weight excluding hydrogens is 530 g/mol. The molecule has 0 atom stereocenters. The first-order valence-electron chi connectivity index (χ1n) is 10.7. The summed E-state index contributed by atoms with van der Waals surface area (Å²) < 4.78 is 41.8. The van der Waals surface area contributed by atoms with E-state index in [1.807, 2.05) is 19.9 Å². The van der Waals surface area contributed by atoms with Crippen LogP contribution in [0.3, 0.4) is 0 Å². The van der Waals surface area contributed by atoms with Crippen molar-refractivity contribution in [3.63, 3.8) is 0 Å². The summed E-state index contributed by atoms with van der Waals surface area (Å²) in [6.07, 6.45) is 0. The van der Waals surface area contributed by atoms with E-state index in [9.17, 15) is 17.6 Å². The minimum atomic E-state index is -4.02. The number of amides is 1. The van der Waals surface area contributed by atoms with Crippen LogP contribution in [0.2, 0.25) is 10.0 Å². The standard InChI is InChI=1S/C25H25Cl2FN2O3S2/c1-17-6-9-20(14-18(17)2)30(35(32,33)21-10-7-19(26)8-11-21)15-25(31)29-12-13-34-16-22-23(27)4-3-5-24(22)28/h3-11,14H,12-13,15-16H2,1-2H3,(H,29,31). The smallest absolute Gasteiger partial charge is 0.264 e. The van der Waals surface area contributed by atoms with Crippen molar-refractivity contribution >= 4 is 56.6 Å². The molecule has 0 bridgehead atoms. The Morgan fingerprint density at radius 2 is 1.74 bits per heavy atom. The van der Waals surface area contributed by atoms with Gasteiger partial charge in [-0.3, -0.25) is 9.10 Å². The van der Waals surface area contributed by atoms with Crippen molar-refractivity contribution in [2.45, 2.75) is 24.5 Å². The maximum Gasteiger partial charge on any atom is 0.264 e. The Kier molecular flexibility index (Phi) is 9.47. The van der Waals surface area contributed by atoms with Gasteiger partial charge in [-0.2, -0.15) is 11.8 Å². The van der Waals surface area contributed by atoms with E-state index < -0.39 is 22.5 Å². The van der Waals surface area contributed by atoms with Crippen LogP contribution in [-0.2, 0) is 20.6 Å². The number of anilines is 1. The molecule has 0 fully saturated rings. The monoisotopic (exact) mass is 554 g/mol. The summed E-state index contributed by atoms with van der Waals surface area (Å²) in [6, 6.07) is 15.6. The molecule has 0 heterocycles. The molecular formula is C25H25Cl2FN2O3S2. The topological polar surface area (TPSA) is 66.5 Å². The number of hydrogen-bond donors (Lipinski definition) is 1. The van der Waals surface area contributed by atoms with E-state index in [-0.39, 0.29) is 17.3 Å². The average Bonchev–Trinajstić information content (AvgIpc) is 2.81. The number of halogens is 3. The quantitative estimate of drug-likeness (QED) is 0.312. The van der Waals surface area contributed by atoms with Gasteiger partial charge in [0, 0.05) is 33.7 Å². The van der Waals surface area contributed by atoms with Crippen LogP contribution in [0, 0.1) is 19.7 Å². The van der Waals surface area contributed by atoms with E-state index >= 15 is 0 Å². The van der Waals surface area contributed by atoms with Crippen LogP contribution >= 0.6 is 35.0 Å². The van der Waals surface area contributed by atoms with Crippen molar-refractivity contribution in [3.05, 3.63) is 93.2 Å². The highest BCUT2D eigenvalue weighted by molar-refractivity contribution is 7.98. The number of rotatable bonds is 10. The van der Waals surface area contributed by atoms with Gasteiger partial charge in [0.25, 0.3) is 10.0 Å². The van der Waals surface area contributed by atoms with Gasteiger partial charge in [-0.05, 0) is 73.5 Å². The van der Waals surface area contributed by atoms with Gasteiger partial charge in [0.15, 0.2) is 0 Å². The number of sulfonamides is 1. The second kappa shape index (κ2) is 12.1. The highest BCUT2D eigenvalue weighted by Gasteiger charge is 2.27. The number of carbonyl (C=O) groups excluding carboxylic acids is 1. The largest absolute Gasteiger partial charge is 0.354 e. The van der Waals surface area contributed by atoms with Crippen LogP contribution in [0.15, 0.2) is 65.6 Å². The highest BCUT2D eigenvalue weighted by Crippen LogP contribution is 2.27. The summed E-state index contributed by atoms with van der Waals surface area (Å²) in [7, 11) is -4.02. The third kappa shape index (κ3) is 7.13. The first kappa shape index (κ1) is 27.3. The molecule has 0 saturated heterocycles. The van der Waals surface area contributed by atoms with Crippen molar-refractivity contribution in [3.8, 4) is 0 Å². The number of aryl methyl sites for hydroxylation is 2. The fraction of sp³-hybridized carbons (Fsp3) is 0.240. The van der Waals surface area contributed by atoms with Gasteiger partial charge in [-0.15, -0.1) is 0 Å². The fourth-order valence-electron chi connectivity index (χ4n) is 3.22.